The highest BCUT2D eigenvalue weighted by Gasteiger charge is 2.25. The Morgan fingerprint density at radius 2 is 1.83 bits per heavy atom. The summed E-state index contributed by atoms with van der Waals surface area (Å²) in [5.74, 6) is 0.0257. The predicted octanol–water partition coefficient (Wildman–Crippen LogP) is -0.910. The van der Waals surface area contributed by atoms with E-state index in [2.05, 4.69) is 4.90 Å². The van der Waals surface area contributed by atoms with Crippen LogP contribution in [0.15, 0.2) is 0 Å². The molecular weight excluding hydrogens is 254 g/mol. The number of carbonyl (C=O) groups excluding carboxylic acids is 1. The fourth-order valence-electron chi connectivity index (χ4n) is 1.92. The Labute approximate surface area is 109 Å². The summed E-state index contributed by atoms with van der Waals surface area (Å²) in [6.07, 6.45) is 2.29. The third-order valence-electron chi connectivity index (χ3n) is 3.42. The molecule has 1 rings (SSSR count). The number of carbonyl (C=O) groups is 1. The molecule has 6 nitrogen and oxygen atoms in total. The van der Waals surface area contributed by atoms with E-state index in [-0.39, 0.29) is 11.5 Å². The zero-order chi connectivity index (χ0) is 13.8. The maximum atomic E-state index is 11.2. The Bertz CT molecular complexity index is 378. The number of unbranched alkanes of at least 4 members (excludes halogenated alkanes) is 1. The maximum absolute atomic E-state index is 11.2. The van der Waals surface area contributed by atoms with Crippen molar-refractivity contribution >= 4 is 15.7 Å². The number of nitrogens with zero attached hydrogens (tertiary/aromatic N) is 1. The van der Waals surface area contributed by atoms with Crippen LogP contribution in [0.2, 0.25) is 0 Å². The molecule has 1 amide bonds. The first-order valence-electron chi connectivity index (χ1n) is 6.24. The van der Waals surface area contributed by atoms with Gasteiger partial charge in [0.25, 0.3) is 0 Å². The summed E-state index contributed by atoms with van der Waals surface area (Å²) >= 11 is 0. The van der Waals surface area contributed by atoms with E-state index in [1.165, 1.54) is 0 Å². The minimum Gasteiger partial charge on any atom is -0.368 e. The van der Waals surface area contributed by atoms with Crippen LogP contribution < -0.4 is 11.5 Å². The van der Waals surface area contributed by atoms with Crippen molar-refractivity contribution in [2.75, 3.05) is 31.1 Å². The molecule has 0 spiro atoms. The summed E-state index contributed by atoms with van der Waals surface area (Å²) in [6, 6.07) is 0. The van der Waals surface area contributed by atoms with E-state index < -0.39 is 21.3 Å². The second kappa shape index (κ2) is 5.99. The highest BCUT2D eigenvalue weighted by atomic mass is 32.2. The predicted molar refractivity (Wildman–Crippen MR) is 70.7 cm³/mol. The standard InChI is InChI=1S/C11H23N3O3S/c1-11(13,10(12)15)4-2-3-5-14-6-8-18(16,17)9-7-14/h2-9,13H2,1H3,(H2,12,15). The van der Waals surface area contributed by atoms with Crippen molar-refractivity contribution in [3.63, 3.8) is 0 Å². The quantitative estimate of drug-likeness (QED) is 0.611. The summed E-state index contributed by atoms with van der Waals surface area (Å²) < 4.78 is 22.5. The Morgan fingerprint density at radius 3 is 2.33 bits per heavy atom. The van der Waals surface area contributed by atoms with E-state index in [4.69, 9.17) is 11.5 Å². The molecule has 1 aliphatic rings. The lowest BCUT2D eigenvalue weighted by molar-refractivity contribution is -0.122. The zero-order valence-corrected chi connectivity index (χ0v) is 11.7. The number of sulfone groups is 1. The van der Waals surface area contributed by atoms with Crippen LogP contribution in [-0.4, -0.2) is 55.9 Å². The molecule has 1 fully saturated rings. The lowest BCUT2D eigenvalue weighted by atomic mass is 9.95. The van der Waals surface area contributed by atoms with Gasteiger partial charge in [0.2, 0.25) is 5.91 Å². The van der Waals surface area contributed by atoms with Crippen molar-refractivity contribution in [1.29, 1.82) is 0 Å². The molecule has 0 aromatic carbocycles. The highest BCUT2D eigenvalue weighted by Crippen LogP contribution is 2.11. The van der Waals surface area contributed by atoms with Crippen LogP contribution in [0.5, 0.6) is 0 Å². The summed E-state index contributed by atoms with van der Waals surface area (Å²) in [6.45, 7) is 3.71. The van der Waals surface area contributed by atoms with Gasteiger partial charge in [-0.3, -0.25) is 4.79 Å². The molecular formula is C11H23N3O3S. The Hall–Kier alpha value is -0.660. The van der Waals surface area contributed by atoms with Gasteiger partial charge in [-0.2, -0.15) is 0 Å². The van der Waals surface area contributed by atoms with Gasteiger partial charge in [-0.05, 0) is 32.7 Å². The second-order valence-electron chi connectivity index (χ2n) is 5.23. The molecule has 0 saturated carbocycles. The van der Waals surface area contributed by atoms with Crippen LogP contribution in [-0.2, 0) is 14.6 Å². The largest absolute Gasteiger partial charge is 0.368 e. The van der Waals surface area contributed by atoms with Crippen molar-refractivity contribution in [3.8, 4) is 0 Å². The van der Waals surface area contributed by atoms with Crippen LogP contribution in [0.25, 0.3) is 0 Å². The van der Waals surface area contributed by atoms with Gasteiger partial charge in [0.15, 0.2) is 9.84 Å². The molecule has 7 heteroatoms. The van der Waals surface area contributed by atoms with Gasteiger partial charge < -0.3 is 16.4 Å². The van der Waals surface area contributed by atoms with Crippen molar-refractivity contribution in [3.05, 3.63) is 0 Å². The molecule has 1 heterocycles. The lowest BCUT2D eigenvalue weighted by Gasteiger charge is -2.27. The Balaban J connectivity index is 2.18. The summed E-state index contributed by atoms with van der Waals surface area (Å²) in [5.41, 5.74) is 9.99. The third-order valence-corrected chi connectivity index (χ3v) is 5.03. The summed E-state index contributed by atoms with van der Waals surface area (Å²) in [5, 5.41) is 0. The van der Waals surface area contributed by atoms with Gasteiger partial charge in [0.05, 0.1) is 17.0 Å². The number of rotatable bonds is 6. The molecule has 1 aliphatic heterocycles. The molecule has 1 saturated heterocycles. The number of primary amides is 1. The Kier molecular flexibility index (Phi) is 5.12. The van der Waals surface area contributed by atoms with Crippen LogP contribution >= 0.6 is 0 Å². The number of nitrogens with two attached hydrogens (primary N) is 2. The molecule has 0 radical (unpaired) electrons. The van der Waals surface area contributed by atoms with E-state index in [0.717, 1.165) is 19.4 Å². The monoisotopic (exact) mass is 277 g/mol. The van der Waals surface area contributed by atoms with E-state index in [1.807, 2.05) is 0 Å². The first kappa shape index (κ1) is 15.4. The maximum Gasteiger partial charge on any atom is 0.237 e. The van der Waals surface area contributed by atoms with Gasteiger partial charge in [-0.25, -0.2) is 8.42 Å². The van der Waals surface area contributed by atoms with Gasteiger partial charge in [-0.15, -0.1) is 0 Å². The number of hydrogen-bond donors (Lipinski definition) is 2. The minimum absolute atomic E-state index is 0.253. The van der Waals surface area contributed by atoms with Crippen LogP contribution in [0, 0.1) is 0 Å². The minimum atomic E-state index is -2.80. The van der Waals surface area contributed by atoms with Crippen molar-refractivity contribution in [1.82, 2.24) is 4.90 Å². The van der Waals surface area contributed by atoms with Gasteiger partial charge in [0.1, 0.15) is 0 Å². The SMILES string of the molecule is CC(N)(CCCCN1CCS(=O)(=O)CC1)C(N)=O. The van der Waals surface area contributed by atoms with Gasteiger partial charge in [-0.1, -0.05) is 0 Å². The molecule has 0 aromatic heterocycles. The third kappa shape index (κ3) is 4.91. The molecule has 4 N–H and O–H groups in total. The highest BCUT2D eigenvalue weighted by molar-refractivity contribution is 7.91. The summed E-state index contributed by atoms with van der Waals surface area (Å²) in [4.78, 5) is 13.1. The molecule has 0 aliphatic carbocycles. The zero-order valence-electron chi connectivity index (χ0n) is 10.9. The van der Waals surface area contributed by atoms with E-state index in [1.54, 1.807) is 6.92 Å². The van der Waals surface area contributed by atoms with E-state index >= 15 is 0 Å². The second-order valence-corrected chi connectivity index (χ2v) is 7.54. The fourth-order valence-corrected chi connectivity index (χ4v) is 3.20. The van der Waals surface area contributed by atoms with Crippen molar-refractivity contribution < 1.29 is 13.2 Å². The van der Waals surface area contributed by atoms with Crippen LogP contribution in [0.3, 0.4) is 0 Å². The Morgan fingerprint density at radius 1 is 1.28 bits per heavy atom. The summed E-state index contributed by atoms with van der Waals surface area (Å²) in [7, 11) is -2.80. The van der Waals surface area contributed by atoms with E-state index in [0.29, 0.717) is 19.5 Å². The molecule has 0 aromatic rings. The van der Waals surface area contributed by atoms with Crippen molar-refractivity contribution in [2.24, 2.45) is 11.5 Å². The number of hydrogen-bond acceptors (Lipinski definition) is 5. The smallest absolute Gasteiger partial charge is 0.237 e. The average Bonchev–Trinajstić information content (AvgIpc) is 2.26. The fraction of sp³-hybridized carbons (Fsp3) is 0.909. The lowest BCUT2D eigenvalue weighted by Crippen LogP contribution is -2.49. The molecule has 106 valence electrons. The molecule has 1 unspecified atom stereocenters. The number of amides is 1. The average molecular weight is 277 g/mol. The normalized spacial score (nSPS) is 23.4. The first-order valence-corrected chi connectivity index (χ1v) is 8.07. The molecule has 1 atom stereocenters. The van der Waals surface area contributed by atoms with Crippen LogP contribution in [0.1, 0.15) is 26.2 Å². The van der Waals surface area contributed by atoms with Crippen molar-refractivity contribution in [2.45, 2.75) is 31.7 Å². The molecule has 0 bridgehead atoms. The van der Waals surface area contributed by atoms with Gasteiger partial charge >= 0.3 is 0 Å². The van der Waals surface area contributed by atoms with E-state index in [9.17, 15) is 13.2 Å². The first-order chi connectivity index (χ1) is 8.23. The van der Waals surface area contributed by atoms with Crippen LogP contribution in [0.4, 0.5) is 0 Å². The topological polar surface area (TPSA) is 106 Å². The van der Waals surface area contributed by atoms with Gasteiger partial charge in [0, 0.05) is 13.1 Å². The molecule has 18 heavy (non-hydrogen) atoms.